The van der Waals surface area contributed by atoms with Gasteiger partial charge in [-0.25, -0.2) is 4.79 Å². The van der Waals surface area contributed by atoms with Crippen molar-refractivity contribution in [2.45, 2.75) is 52.3 Å². The molecule has 1 heterocycles. The summed E-state index contributed by atoms with van der Waals surface area (Å²) in [6.07, 6.45) is 0.000997. The normalized spacial score (nSPS) is 20.8. The second kappa shape index (κ2) is 10.5. The molecule has 0 radical (unpaired) electrons. The average Bonchev–Trinajstić information content (AvgIpc) is 2.69. The summed E-state index contributed by atoms with van der Waals surface area (Å²) in [4.78, 5) is 26.8. The number of nitrogens with one attached hydrogen (secondary N) is 3. The molecule has 162 valence electrons. The fourth-order valence-corrected chi connectivity index (χ4v) is 3.38. The van der Waals surface area contributed by atoms with Gasteiger partial charge in [-0.2, -0.15) is 0 Å². The molecule has 1 aromatic rings. The molecule has 1 aliphatic heterocycles. The van der Waals surface area contributed by atoms with E-state index in [1.165, 1.54) is 0 Å². The van der Waals surface area contributed by atoms with E-state index in [2.05, 4.69) is 16.0 Å². The Labute approximate surface area is 173 Å². The number of carbonyl (C=O) groups is 2. The fraction of sp³-hybridized carbons (Fsp3) is 0.619. The maximum atomic E-state index is 13.0. The molecule has 29 heavy (non-hydrogen) atoms. The maximum Gasteiger partial charge on any atom is 0.319 e. The monoisotopic (exact) mass is 406 g/mol. The van der Waals surface area contributed by atoms with Crippen LogP contribution in [0, 0.1) is 5.92 Å². The number of hydrogen-bond donors (Lipinski definition) is 4. The topological polar surface area (TPSA) is 103 Å². The van der Waals surface area contributed by atoms with Crippen LogP contribution in [0.3, 0.4) is 0 Å². The summed E-state index contributed by atoms with van der Waals surface area (Å²) in [5.41, 5.74) is 1.31. The van der Waals surface area contributed by atoms with Gasteiger partial charge in [-0.15, -0.1) is 0 Å². The van der Waals surface area contributed by atoms with Gasteiger partial charge in [0.25, 0.3) is 0 Å². The quantitative estimate of drug-likeness (QED) is 0.574. The van der Waals surface area contributed by atoms with Crippen LogP contribution in [-0.2, 0) is 11.2 Å². The zero-order valence-corrected chi connectivity index (χ0v) is 18.0. The number of urea groups is 1. The summed E-state index contributed by atoms with van der Waals surface area (Å²) < 4.78 is 6.27. The second-order valence-electron chi connectivity index (χ2n) is 8.02. The first kappa shape index (κ1) is 23.0. The molecule has 0 aromatic heterocycles. The van der Waals surface area contributed by atoms with Crippen molar-refractivity contribution in [1.29, 1.82) is 0 Å². The van der Waals surface area contributed by atoms with Gasteiger partial charge < -0.3 is 30.7 Å². The Morgan fingerprint density at radius 3 is 2.69 bits per heavy atom. The highest BCUT2D eigenvalue weighted by atomic mass is 16.5. The van der Waals surface area contributed by atoms with Crippen molar-refractivity contribution in [2.24, 2.45) is 5.92 Å². The molecule has 0 spiro atoms. The Kier molecular flexibility index (Phi) is 8.28. The molecule has 2 rings (SSSR count). The van der Waals surface area contributed by atoms with Gasteiger partial charge in [-0.1, -0.05) is 6.92 Å². The van der Waals surface area contributed by atoms with Gasteiger partial charge in [-0.3, -0.25) is 4.79 Å². The first-order chi connectivity index (χ1) is 13.7. The third kappa shape index (κ3) is 6.33. The number of rotatable bonds is 6. The minimum absolute atomic E-state index is 0.0186. The summed E-state index contributed by atoms with van der Waals surface area (Å²) >= 11 is 0. The second-order valence-corrected chi connectivity index (χ2v) is 8.02. The fourth-order valence-electron chi connectivity index (χ4n) is 3.38. The SMILES string of the molecule is CNC[C@H]1Oc2ccc(NC(=O)NC(C)C)cc2CC(=O)N([C@@H](C)CO)C[C@H]1C. The van der Waals surface area contributed by atoms with Crippen LogP contribution in [0.1, 0.15) is 33.3 Å². The van der Waals surface area contributed by atoms with Crippen molar-refractivity contribution in [1.82, 2.24) is 15.5 Å². The summed E-state index contributed by atoms with van der Waals surface area (Å²) in [6.45, 7) is 8.69. The van der Waals surface area contributed by atoms with E-state index in [-0.39, 0.29) is 49.1 Å². The number of aliphatic hydroxyl groups is 1. The minimum Gasteiger partial charge on any atom is -0.488 e. The zero-order chi connectivity index (χ0) is 21.6. The van der Waals surface area contributed by atoms with Gasteiger partial charge in [-0.05, 0) is 46.0 Å². The molecule has 0 saturated heterocycles. The summed E-state index contributed by atoms with van der Waals surface area (Å²) in [5, 5.41) is 18.3. The van der Waals surface area contributed by atoms with Crippen molar-refractivity contribution in [3.8, 4) is 5.75 Å². The molecule has 1 aliphatic rings. The molecule has 0 bridgehead atoms. The van der Waals surface area contributed by atoms with E-state index >= 15 is 0 Å². The number of carbonyl (C=O) groups excluding carboxylic acids is 2. The van der Waals surface area contributed by atoms with E-state index in [1.807, 2.05) is 34.7 Å². The van der Waals surface area contributed by atoms with Crippen LogP contribution in [0.25, 0.3) is 0 Å². The largest absolute Gasteiger partial charge is 0.488 e. The summed E-state index contributed by atoms with van der Waals surface area (Å²) in [5.74, 6) is 0.636. The molecule has 0 fully saturated rings. The molecule has 8 nitrogen and oxygen atoms in total. The van der Waals surface area contributed by atoms with E-state index in [1.54, 1.807) is 23.1 Å². The molecule has 3 amide bonds. The highest BCUT2D eigenvalue weighted by Gasteiger charge is 2.30. The van der Waals surface area contributed by atoms with E-state index in [0.29, 0.717) is 30.1 Å². The van der Waals surface area contributed by atoms with E-state index in [4.69, 9.17) is 4.74 Å². The number of ether oxygens (including phenoxy) is 1. The van der Waals surface area contributed by atoms with Gasteiger partial charge in [0.1, 0.15) is 11.9 Å². The van der Waals surface area contributed by atoms with Gasteiger partial charge in [0.15, 0.2) is 0 Å². The van der Waals surface area contributed by atoms with Gasteiger partial charge in [0.05, 0.1) is 19.1 Å². The maximum absolute atomic E-state index is 13.0. The molecule has 0 unspecified atom stereocenters. The van der Waals surface area contributed by atoms with E-state index < -0.39 is 0 Å². The Balaban J connectivity index is 2.35. The van der Waals surface area contributed by atoms with Crippen molar-refractivity contribution in [3.63, 3.8) is 0 Å². The van der Waals surface area contributed by atoms with Crippen molar-refractivity contribution < 1.29 is 19.4 Å². The molecule has 3 atom stereocenters. The smallest absolute Gasteiger partial charge is 0.319 e. The summed E-state index contributed by atoms with van der Waals surface area (Å²) in [6, 6.07) is 4.80. The van der Waals surface area contributed by atoms with Gasteiger partial charge in [0.2, 0.25) is 5.91 Å². The van der Waals surface area contributed by atoms with Crippen LogP contribution in [0.5, 0.6) is 5.75 Å². The number of nitrogens with zero attached hydrogens (tertiary/aromatic N) is 1. The first-order valence-electron chi connectivity index (χ1n) is 10.2. The van der Waals surface area contributed by atoms with Crippen LogP contribution in [0.4, 0.5) is 10.5 Å². The molecule has 1 aromatic carbocycles. The van der Waals surface area contributed by atoms with Crippen LogP contribution in [-0.4, -0.2) is 66.9 Å². The lowest BCUT2D eigenvalue weighted by atomic mass is 10.0. The molecule has 0 aliphatic carbocycles. The van der Waals surface area contributed by atoms with E-state index in [0.717, 1.165) is 0 Å². The standard InChI is InChI=1S/C21H34N4O4/c1-13(2)23-21(28)24-17-6-7-18-16(8-17)9-20(27)25(15(4)12-26)11-14(3)19(29-18)10-22-5/h6-8,13-15,19,22,26H,9-12H2,1-5H3,(H2,23,24,28)/t14-,15+,19-/m1/s1. The lowest BCUT2D eigenvalue weighted by molar-refractivity contribution is -0.134. The third-order valence-electron chi connectivity index (χ3n) is 5.00. The predicted molar refractivity (Wildman–Crippen MR) is 113 cm³/mol. The predicted octanol–water partition coefficient (Wildman–Crippen LogP) is 1.58. The van der Waals surface area contributed by atoms with Gasteiger partial charge in [0, 0.05) is 36.3 Å². The van der Waals surface area contributed by atoms with Gasteiger partial charge >= 0.3 is 6.03 Å². The molecular weight excluding hydrogens is 372 g/mol. The number of likely N-dealkylation sites (N-methyl/N-ethyl adjacent to an activating group) is 1. The number of benzene rings is 1. The first-order valence-corrected chi connectivity index (χ1v) is 10.2. The molecular formula is C21H34N4O4. The number of anilines is 1. The Hall–Kier alpha value is -2.32. The average molecular weight is 407 g/mol. The van der Waals surface area contributed by atoms with Crippen LogP contribution >= 0.6 is 0 Å². The van der Waals surface area contributed by atoms with Crippen LogP contribution in [0.2, 0.25) is 0 Å². The molecule has 4 N–H and O–H groups in total. The Morgan fingerprint density at radius 1 is 1.34 bits per heavy atom. The van der Waals surface area contributed by atoms with Crippen molar-refractivity contribution >= 4 is 17.6 Å². The lowest BCUT2D eigenvalue weighted by Crippen LogP contribution is -2.47. The third-order valence-corrected chi connectivity index (χ3v) is 5.00. The lowest BCUT2D eigenvalue weighted by Gasteiger charge is -2.32. The highest BCUT2D eigenvalue weighted by Crippen LogP contribution is 2.28. The summed E-state index contributed by atoms with van der Waals surface area (Å²) in [7, 11) is 1.86. The number of amides is 3. The van der Waals surface area contributed by atoms with Crippen molar-refractivity contribution in [2.75, 3.05) is 32.1 Å². The van der Waals surface area contributed by atoms with E-state index in [9.17, 15) is 14.7 Å². The Morgan fingerprint density at radius 2 is 2.07 bits per heavy atom. The van der Waals surface area contributed by atoms with Crippen LogP contribution in [0.15, 0.2) is 18.2 Å². The van der Waals surface area contributed by atoms with Crippen molar-refractivity contribution in [3.05, 3.63) is 23.8 Å². The van der Waals surface area contributed by atoms with Crippen LogP contribution < -0.4 is 20.7 Å². The zero-order valence-electron chi connectivity index (χ0n) is 18.0. The minimum atomic E-state index is -0.299. The molecule has 0 saturated carbocycles. The number of fused-ring (bicyclic) bond motifs is 1. The highest BCUT2D eigenvalue weighted by molar-refractivity contribution is 5.90. The number of aliphatic hydroxyl groups excluding tert-OH is 1. The number of hydrogen-bond acceptors (Lipinski definition) is 5. The Bertz CT molecular complexity index is 710. The molecule has 8 heteroatoms.